The van der Waals surface area contributed by atoms with Crippen LogP contribution in [0.15, 0.2) is 31.1 Å². The molecule has 0 spiro atoms. The van der Waals surface area contributed by atoms with Crippen molar-refractivity contribution in [1.29, 1.82) is 0 Å². The summed E-state index contributed by atoms with van der Waals surface area (Å²) in [5.74, 6) is 0.960. The Balaban J connectivity index is 1.31. The number of aromatic nitrogens is 6. The summed E-state index contributed by atoms with van der Waals surface area (Å²) >= 11 is 1.46. The first kappa shape index (κ1) is 17.0. The molecule has 5 heterocycles. The van der Waals surface area contributed by atoms with Gasteiger partial charge in [-0.05, 0) is 0 Å². The van der Waals surface area contributed by atoms with E-state index in [9.17, 15) is 13.2 Å². The van der Waals surface area contributed by atoms with Gasteiger partial charge >= 0.3 is 6.18 Å². The van der Waals surface area contributed by atoms with Crippen LogP contribution in [0.2, 0.25) is 0 Å². The fourth-order valence-corrected chi connectivity index (χ4v) is 3.97. The zero-order valence-electron chi connectivity index (χ0n) is 14.1. The first-order valence-electron chi connectivity index (χ1n) is 8.24. The van der Waals surface area contributed by atoms with Crippen LogP contribution in [-0.4, -0.2) is 49.0 Å². The molecule has 5 rings (SSSR count). The van der Waals surface area contributed by atoms with Crippen LogP contribution in [0.25, 0.3) is 20.6 Å². The summed E-state index contributed by atoms with van der Waals surface area (Å²) in [4.78, 5) is 27.5. The molecule has 0 unspecified atom stereocenters. The van der Waals surface area contributed by atoms with Crippen LogP contribution < -0.4 is 10.2 Å². The molecule has 0 atom stereocenters. The molecule has 0 aliphatic carbocycles. The Morgan fingerprint density at radius 1 is 0.964 bits per heavy atom. The van der Waals surface area contributed by atoms with E-state index in [0.717, 1.165) is 33.0 Å². The molecule has 4 aromatic heterocycles. The molecule has 0 bridgehead atoms. The van der Waals surface area contributed by atoms with E-state index >= 15 is 0 Å². The van der Waals surface area contributed by atoms with E-state index in [1.807, 2.05) is 0 Å². The van der Waals surface area contributed by atoms with Gasteiger partial charge in [-0.15, -0.1) is 11.3 Å². The Morgan fingerprint density at radius 2 is 1.71 bits per heavy atom. The third-order valence-electron chi connectivity index (χ3n) is 4.36. The van der Waals surface area contributed by atoms with Crippen molar-refractivity contribution in [2.75, 3.05) is 23.3 Å². The molecule has 8 nitrogen and oxygen atoms in total. The van der Waals surface area contributed by atoms with Gasteiger partial charge in [0.15, 0.2) is 0 Å². The van der Waals surface area contributed by atoms with Crippen molar-refractivity contribution in [3.8, 4) is 0 Å². The third kappa shape index (κ3) is 2.85. The van der Waals surface area contributed by atoms with Crippen LogP contribution in [0, 0.1) is 0 Å². The van der Waals surface area contributed by atoms with E-state index in [0.29, 0.717) is 18.9 Å². The SMILES string of the molecule is FC(F)(F)c1cnc(N2CC(Nc3ncnc4c3sc3nccnc34)C2)nc1. The van der Waals surface area contributed by atoms with Crippen LogP contribution >= 0.6 is 11.3 Å². The van der Waals surface area contributed by atoms with Crippen LogP contribution in [0.3, 0.4) is 0 Å². The minimum atomic E-state index is -4.44. The Hall–Kier alpha value is -3.15. The predicted octanol–water partition coefficient (Wildman–Crippen LogP) is 2.74. The molecular formula is C16H11F3N8S. The predicted molar refractivity (Wildman–Crippen MR) is 97.2 cm³/mol. The highest BCUT2D eigenvalue weighted by Crippen LogP contribution is 2.34. The Labute approximate surface area is 159 Å². The van der Waals surface area contributed by atoms with Crippen molar-refractivity contribution >= 4 is 43.7 Å². The van der Waals surface area contributed by atoms with Gasteiger partial charge in [0.05, 0.1) is 16.3 Å². The monoisotopic (exact) mass is 404 g/mol. The molecule has 4 aromatic rings. The highest BCUT2D eigenvalue weighted by atomic mass is 32.1. The lowest BCUT2D eigenvalue weighted by atomic mass is 10.1. The molecule has 0 aromatic carbocycles. The molecule has 1 aliphatic heterocycles. The Bertz CT molecular complexity index is 1150. The van der Waals surface area contributed by atoms with E-state index in [-0.39, 0.29) is 12.0 Å². The van der Waals surface area contributed by atoms with Crippen LogP contribution in [0.1, 0.15) is 5.56 Å². The van der Waals surface area contributed by atoms with Gasteiger partial charge in [-0.1, -0.05) is 0 Å². The van der Waals surface area contributed by atoms with E-state index in [1.54, 1.807) is 17.3 Å². The first-order chi connectivity index (χ1) is 13.5. The minimum absolute atomic E-state index is 0.0649. The number of halogens is 3. The second kappa shape index (κ2) is 6.19. The number of anilines is 2. The highest BCUT2D eigenvalue weighted by Gasteiger charge is 2.33. The van der Waals surface area contributed by atoms with Crippen molar-refractivity contribution in [1.82, 2.24) is 29.9 Å². The van der Waals surface area contributed by atoms with Gasteiger partial charge in [-0.3, -0.25) is 0 Å². The molecule has 0 radical (unpaired) electrons. The van der Waals surface area contributed by atoms with E-state index in [2.05, 4.69) is 35.2 Å². The lowest BCUT2D eigenvalue weighted by Crippen LogP contribution is -2.55. The van der Waals surface area contributed by atoms with Crippen LogP contribution in [0.5, 0.6) is 0 Å². The number of rotatable bonds is 3. The van der Waals surface area contributed by atoms with E-state index < -0.39 is 11.7 Å². The molecule has 0 saturated carbocycles. The average Bonchev–Trinajstić information content (AvgIpc) is 3.03. The fourth-order valence-electron chi connectivity index (χ4n) is 2.96. The zero-order chi connectivity index (χ0) is 19.3. The van der Waals surface area contributed by atoms with Crippen LogP contribution in [0.4, 0.5) is 24.9 Å². The van der Waals surface area contributed by atoms with Crippen molar-refractivity contribution in [3.63, 3.8) is 0 Å². The van der Waals surface area contributed by atoms with Crippen molar-refractivity contribution < 1.29 is 13.2 Å². The molecule has 0 amide bonds. The largest absolute Gasteiger partial charge is 0.419 e. The highest BCUT2D eigenvalue weighted by molar-refractivity contribution is 7.25. The molecule has 12 heteroatoms. The number of alkyl halides is 3. The number of hydrogen-bond donors (Lipinski definition) is 1. The molecule has 1 aliphatic rings. The molecule has 1 saturated heterocycles. The van der Waals surface area contributed by atoms with Gasteiger partial charge in [0, 0.05) is 37.9 Å². The van der Waals surface area contributed by atoms with Gasteiger partial charge in [-0.25, -0.2) is 29.9 Å². The summed E-state index contributed by atoms with van der Waals surface area (Å²) in [5, 5.41) is 3.34. The summed E-state index contributed by atoms with van der Waals surface area (Å²) in [6, 6.07) is 0.0649. The van der Waals surface area contributed by atoms with Gasteiger partial charge in [0.2, 0.25) is 5.95 Å². The second-order valence-corrected chi connectivity index (χ2v) is 7.23. The Kier molecular flexibility index (Phi) is 3.75. The summed E-state index contributed by atoms with van der Waals surface area (Å²) < 4.78 is 38.7. The van der Waals surface area contributed by atoms with Gasteiger partial charge < -0.3 is 10.2 Å². The number of hydrogen-bond acceptors (Lipinski definition) is 9. The topological polar surface area (TPSA) is 92.6 Å². The fraction of sp³-hybridized carbons (Fsp3) is 0.250. The zero-order valence-corrected chi connectivity index (χ0v) is 14.9. The van der Waals surface area contributed by atoms with Crippen molar-refractivity contribution in [2.24, 2.45) is 0 Å². The van der Waals surface area contributed by atoms with Crippen LogP contribution in [-0.2, 0) is 6.18 Å². The standard InChI is InChI=1S/C16H11F3N8S/c17-16(18,19)8-3-22-15(23-4-8)27-5-9(6-27)26-13-12-10(24-7-25-13)11-14(28-12)21-2-1-20-11/h1-4,7,9H,5-6H2,(H,24,25,26). The minimum Gasteiger partial charge on any atom is -0.362 e. The van der Waals surface area contributed by atoms with E-state index in [1.165, 1.54) is 17.7 Å². The van der Waals surface area contributed by atoms with Gasteiger partial charge in [0.1, 0.15) is 28.0 Å². The number of thiophene rings is 1. The molecule has 1 N–H and O–H groups in total. The van der Waals surface area contributed by atoms with Crippen molar-refractivity contribution in [3.05, 3.63) is 36.7 Å². The smallest absolute Gasteiger partial charge is 0.362 e. The normalized spacial score (nSPS) is 15.2. The maximum Gasteiger partial charge on any atom is 0.419 e. The summed E-state index contributed by atoms with van der Waals surface area (Å²) in [7, 11) is 0. The quantitative estimate of drug-likeness (QED) is 0.557. The maximum atomic E-state index is 12.6. The molecule has 28 heavy (non-hydrogen) atoms. The number of fused-ring (bicyclic) bond motifs is 3. The second-order valence-electron chi connectivity index (χ2n) is 6.23. The summed E-state index contributed by atoms with van der Waals surface area (Å²) in [5.41, 5.74) is 0.621. The third-order valence-corrected chi connectivity index (χ3v) is 5.45. The lowest BCUT2D eigenvalue weighted by Gasteiger charge is -2.39. The number of nitrogens with zero attached hydrogens (tertiary/aromatic N) is 7. The van der Waals surface area contributed by atoms with Crippen molar-refractivity contribution in [2.45, 2.75) is 12.2 Å². The Morgan fingerprint density at radius 3 is 2.46 bits per heavy atom. The molecular weight excluding hydrogens is 393 g/mol. The molecule has 1 fully saturated rings. The van der Waals surface area contributed by atoms with Gasteiger partial charge in [-0.2, -0.15) is 13.2 Å². The average molecular weight is 404 g/mol. The first-order valence-corrected chi connectivity index (χ1v) is 9.05. The van der Waals surface area contributed by atoms with Gasteiger partial charge in [0.25, 0.3) is 0 Å². The van der Waals surface area contributed by atoms with E-state index in [4.69, 9.17) is 0 Å². The summed E-state index contributed by atoms with van der Waals surface area (Å²) in [6.45, 7) is 1.11. The lowest BCUT2D eigenvalue weighted by molar-refractivity contribution is -0.138. The molecule has 142 valence electrons. The number of nitrogens with one attached hydrogen (secondary N) is 1. The summed E-state index contributed by atoms with van der Waals surface area (Å²) in [6.07, 6.45) is 1.89. The maximum absolute atomic E-state index is 12.6.